The van der Waals surface area contributed by atoms with E-state index >= 15 is 0 Å². The molecule has 0 aromatic heterocycles. The Morgan fingerprint density at radius 1 is 1.13 bits per heavy atom. The van der Waals surface area contributed by atoms with Crippen molar-refractivity contribution in [2.45, 2.75) is 6.92 Å². The highest BCUT2D eigenvalue weighted by Gasteiger charge is 2.30. The average Bonchev–Trinajstić information content (AvgIpc) is 3.03. The number of Topliss-reactive ketones (excluding diaryl/α,β-unsaturated/α-hetero) is 1. The Hall–Kier alpha value is -3.97. The molecular weight excluding hydrogens is 422 g/mol. The third-order valence-corrected chi connectivity index (χ3v) is 4.83. The third kappa shape index (κ3) is 4.17. The van der Waals surface area contributed by atoms with E-state index in [1.165, 1.54) is 36.4 Å². The van der Waals surface area contributed by atoms with Crippen LogP contribution in [0, 0.1) is 17.0 Å². The van der Waals surface area contributed by atoms with Crippen LogP contribution >= 0.6 is 11.6 Å². The molecule has 1 aliphatic heterocycles. The molecule has 1 aliphatic rings. The van der Waals surface area contributed by atoms with E-state index in [4.69, 9.17) is 21.1 Å². The van der Waals surface area contributed by atoms with Crippen LogP contribution in [0.5, 0.6) is 11.5 Å². The number of ketones is 1. The summed E-state index contributed by atoms with van der Waals surface area (Å²) in [5.41, 5.74) is 1.56. The molecule has 0 saturated carbocycles. The fourth-order valence-electron chi connectivity index (χ4n) is 3.20. The van der Waals surface area contributed by atoms with Gasteiger partial charge in [0.15, 0.2) is 5.76 Å². The predicted octanol–water partition coefficient (Wildman–Crippen LogP) is 5.39. The number of hydrogen-bond acceptors (Lipinski definition) is 6. The second kappa shape index (κ2) is 8.04. The molecule has 7 nitrogen and oxygen atoms in total. The molecule has 1 heterocycles. The lowest BCUT2D eigenvalue weighted by atomic mass is 10.0. The number of non-ortho nitro benzene ring substituents is 1. The van der Waals surface area contributed by atoms with Gasteiger partial charge in [0, 0.05) is 23.2 Å². The highest BCUT2D eigenvalue weighted by Crippen LogP contribution is 2.38. The number of nitrogens with zero attached hydrogens (tertiary/aromatic N) is 1. The van der Waals surface area contributed by atoms with E-state index in [1.54, 1.807) is 37.3 Å². The van der Waals surface area contributed by atoms with Crippen molar-refractivity contribution in [3.05, 3.63) is 104 Å². The van der Waals surface area contributed by atoms with Crippen LogP contribution in [0.25, 0.3) is 6.08 Å². The molecule has 3 aromatic rings. The molecule has 0 bridgehead atoms. The van der Waals surface area contributed by atoms with Gasteiger partial charge in [0.05, 0.1) is 16.1 Å². The highest BCUT2D eigenvalue weighted by atomic mass is 35.5. The number of benzene rings is 3. The number of hydrogen-bond donors (Lipinski definition) is 0. The summed E-state index contributed by atoms with van der Waals surface area (Å²) in [6.45, 7) is 1.70. The molecule has 3 aromatic carbocycles. The zero-order valence-corrected chi connectivity index (χ0v) is 16.9. The lowest BCUT2D eigenvalue weighted by Gasteiger charge is -2.08. The van der Waals surface area contributed by atoms with Crippen molar-refractivity contribution in [1.29, 1.82) is 0 Å². The summed E-state index contributed by atoms with van der Waals surface area (Å²) in [6.07, 6.45) is 1.44. The van der Waals surface area contributed by atoms with Crippen LogP contribution in [0.3, 0.4) is 0 Å². The van der Waals surface area contributed by atoms with E-state index < -0.39 is 10.9 Å². The van der Waals surface area contributed by atoms with Crippen LogP contribution in [0.15, 0.2) is 66.4 Å². The van der Waals surface area contributed by atoms with Crippen molar-refractivity contribution in [3.8, 4) is 11.5 Å². The molecule has 0 fully saturated rings. The predicted molar refractivity (Wildman–Crippen MR) is 114 cm³/mol. The molecule has 31 heavy (non-hydrogen) atoms. The van der Waals surface area contributed by atoms with Gasteiger partial charge in [-0.05, 0) is 48.4 Å². The number of rotatable bonds is 4. The Bertz CT molecular complexity index is 1280. The number of nitro groups is 1. The number of aryl methyl sites for hydroxylation is 1. The van der Waals surface area contributed by atoms with E-state index in [-0.39, 0.29) is 34.3 Å². The van der Waals surface area contributed by atoms with Crippen LogP contribution in [0.4, 0.5) is 5.69 Å². The first-order valence-electron chi connectivity index (χ1n) is 9.13. The summed E-state index contributed by atoms with van der Waals surface area (Å²) in [5, 5.41) is 11.4. The molecule has 0 radical (unpaired) electrons. The first kappa shape index (κ1) is 20.3. The third-order valence-electron chi connectivity index (χ3n) is 4.59. The number of carbonyl (C=O) groups is 2. The van der Waals surface area contributed by atoms with E-state index in [0.717, 1.165) is 0 Å². The number of halogens is 1. The van der Waals surface area contributed by atoms with Crippen molar-refractivity contribution in [2.24, 2.45) is 0 Å². The van der Waals surface area contributed by atoms with Gasteiger partial charge in [-0.1, -0.05) is 29.8 Å². The van der Waals surface area contributed by atoms with Gasteiger partial charge in [0.25, 0.3) is 5.69 Å². The molecule has 0 amide bonds. The van der Waals surface area contributed by atoms with Crippen LogP contribution in [-0.4, -0.2) is 16.7 Å². The topological polar surface area (TPSA) is 95.7 Å². The molecule has 4 rings (SSSR count). The first-order chi connectivity index (χ1) is 14.8. The number of allylic oxidation sites excluding steroid dienone is 1. The maximum atomic E-state index is 12.8. The SMILES string of the molecule is Cc1cc(OC(=O)c2cccc(Cl)c2)cc2c1C(=O)/C(=C/c1cccc([N+](=O)[O-])c1)O2. The molecule has 0 aliphatic carbocycles. The van der Waals surface area contributed by atoms with Gasteiger partial charge in [-0.2, -0.15) is 0 Å². The molecule has 0 N–H and O–H groups in total. The fourth-order valence-corrected chi connectivity index (χ4v) is 3.39. The van der Waals surface area contributed by atoms with Gasteiger partial charge in [-0.25, -0.2) is 4.79 Å². The van der Waals surface area contributed by atoms with Gasteiger partial charge in [0.1, 0.15) is 11.5 Å². The summed E-state index contributed by atoms with van der Waals surface area (Å²) in [7, 11) is 0. The van der Waals surface area contributed by atoms with Gasteiger partial charge >= 0.3 is 5.97 Å². The summed E-state index contributed by atoms with van der Waals surface area (Å²) in [6, 6.07) is 15.2. The smallest absolute Gasteiger partial charge is 0.343 e. The number of esters is 1. The molecule has 0 saturated heterocycles. The lowest BCUT2D eigenvalue weighted by molar-refractivity contribution is -0.384. The second-order valence-electron chi connectivity index (χ2n) is 6.81. The summed E-state index contributed by atoms with van der Waals surface area (Å²) in [5.74, 6) is -0.469. The molecule has 0 atom stereocenters. The van der Waals surface area contributed by atoms with Crippen molar-refractivity contribution in [3.63, 3.8) is 0 Å². The average molecular weight is 436 g/mol. The molecule has 0 unspecified atom stereocenters. The van der Waals surface area contributed by atoms with Crippen LogP contribution in [0.2, 0.25) is 5.02 Å². The second-order valence-corrected chi connectivity index (χ2v) is 7.24. The van der Waals surface area contributed by atoms with Crippen molar-refractivity contribution >= 4 is 35.1 Å². The minimum atomic E-state index is -0.599. The van der Waals surface area contributed by atoms with Crippen LogP contribution < -0.4 is 9.47 Å². The zero-order chi connectivity index (χ0) is 22.1. The molecule has 0 spiro atoms. The molecule has 8 heteroatoms. The highest BCUT2D eigenvalue weighted by molar-refractivity contribution is 6.30. The minimum Gasteiger partial charge on any atom is -0.452 e. The normalized spacial score (nSPS) is 13.6. The van der Waals surface area contributed by atoms with Crippen LogP contribution in [0.1, 0.15) is 31.8 Å². The Kier molecular flexibility index (Phi) is 5.27. The summed E-state index contributed by atoms with van der Waals surface area (Å²) < 4.78 is 11.1. The van der Waals surface area contributed by atoms with Gasteiger partial charge < -0.3 is 9.47 Å². The molecular formula is C23H14ClNO6. The summed E-state index contributed by atoms with van der Waals surface area (Å²) >= 11 is 5.91. The Morgan fingerprint density at radius 2 is 1.90 bits per heavy atom. The maximum Gasteiger partial charge on any atom is 0.343 e. The minimum absolute atomic E-state index is 0.0249. The van der Waals surface area contributed by atoms with Crippen molar-refractivity contribution < 1.29 is 24.0 Å². The number of fused-ring (bicyclic) bond motifs is 1. The monoisotopic (exact) mass is 435 g/mol. The van der Waals surface area contributed by atoms with Crippen molar-refractivity contribution in [2.75, 3.05) is 0 Å². The Balaban J connectivity index is 1.61. The maximum absolute atomic E-state index is 12.8. The van der Waals surface area contributed by atoms with E-state index in [2.05, 4.69) is 0 Å². The van der Waals surface area contributed by atoms with Crippen LogP contribution in [-0.2, 0) is 0 Å². The van der Waals surface area contributed by atoms with E-state index in [9.17, 15) is 19.7 Å². The van der Waals surface area contributed by atoms with Gasteiger partial charge in [-0.15, -0.1) is 0 Å². The number of carbonyl (C=O) groups excluding carboxylic acids is 2. The quantitative estimate of drug-likeness (QED) is 0.179. The molecule has 154 valence electrons. The standard InChI is InChI=1S/C23H14ClNO6/c1-13-8-18(30-23(27)15-5-3-6-16(24)11-15)12-19-21(13)22(26)20(31-19)10-14-4-2-7-17(9-14)25(28)29/h2-12H,1H3/b20-10-. The first-order valence-corrected chi connectivity index (χ1v) is 9.51. The Morgan fingerprint density at radius 3 is 2.65 bits per heavy atom. The van der Waals surface area contributed by atoms with Crippen molar-refractivity contribution in [1.82, 2.24) is 0 Å². The number of ether oxygens (including phenoxy) is 2. The zero-order valence-electron chi connectivity index (χ0n) is 16.1. The number of nitro benzene ring substituents is 1. The summed E-state index contributed by atoms with van der Waals surface area (Å²) in [4.78, 5) is 35.6. The van der Waals surface area contributed by atoms with E-state index in [0.29, 0.717) is 21.7 Å². The largest absolute Gasteiger partial charge is 0.452 e. The van der Waals surface area contributed by atoms with Gasteiger partial charge in [-0.3, -0.25) is 14.9 Å². The van der Waals surface area contributed by atoms with Gasteiger partial charge in [0.2, 0.25) is 5.78 Å². The Labute approximate surface area is 181 Å². The fraction of sp³-hybridized carbons (Fsp3) is 0.0435. The van der Waals surface area contributed by atoms with E-state index in [1.807, 2.05) is 0 Å². The lowest BCUT2D eigenvalue weighted by Crippen LogP contribution is -2.08.